The van der Waals surface area contributed by atoms with Crippen molar-refractivity contribution >= 4 is 33.4 Å². The number of carbonyl (C=O) groups is 3. The topological polar surface area (TPSA) is 148 Å². The summed E-state index contributed by atoms with van der Waals surface area (Å²) in [7, 11) is -2.58. The molecule has 2 aromatic carbocycles. The Morgan fingerprint density at radius 3 is 2.21 bits per heavy atom. The van der Waals surface area contributed by atoms with Crippen molar-refractivity contribution in [2.24, 2.45) is 0 Å². The molecule has 2 aromatic rings. The Bertz CT molecular complexity index is 1140. The number of methoxy groups -OCH3 is 1. The van der Waals surface area contributed by atoms with Crippen molar-refractivity contribution in [1.29, 1.82) is 0 Å². The number of carboxylic acids is 1. The van der Waals surface area contributed by atoms with Gasteiger partial charge in [-0.05, 0) is 57.2 Å². The molecule has 0 aliphatic heterocycles. The number of anilines is 1. The van der Waals surface area contributed by atoms with E-state index in [0.29, 0.717) is 11.4 Å². The van der Waals surface area contributed by atoms with Gasteiger partial charge < -0.3 is 25.2 Å². The van der Waals surface area contributed by atoms with E-state index >= 15 is 0 Å². The molecule has 0 aliphatic rings. The molecule has 0 heterocycles. The molecule has 1 amide bonds. The summed E-state index contributed by atoms with van der Waals surface area (Å²) in [6.45, 7) is 4.77. The molecular formula is C23H28N2O8S. The average molecular weight is 493 g/mol. The third kappa shape index (κ3) is 7.77. The van der Waals surface area contributed by atoms with Crippen molar-refractivity contribution in [3.63, 3.8) is 0 Å². The SMILES string of the molecule is COc1ccc(S(=O)(=O)CC(NC(=O)CNc2ccccc2C(=O)OC(C)(C)C)C(=O)O)cc1. The number of nitrogens with one attached hydrogen (secondary N) is 2. The normalized spacial score (nSPS) is 12.4. The summed E-state index contributed by atoms with van der Waals surface area (Å²) in [5, 5.41) is 14.4. The third-order valence-electron chi connectivity index (χ3n) is 4.42. The summed E-state index contributed by atoms with van der Waals surface area (Å²) in [6.07, 6.45) is 0. The van der Waals surface area contributed by atoms with Gasteiger partial charge >= 0.3 is 11.9 Å². The highest BCUT2D eigenvalue weighted by atomic mass is 32.2. The highest BCUT2D eigenvalue weighted by Crippen LogP contribution is 2.20. The first kappa shape index (κ1) is 26.7. The van der Waals surface area contributed by atoms with Crippen molar-refractivity contribution in [2.45, 2.75) is 37.3 Å². The molecule has 0 fully saturated rings. The Hall–Kier alpha value is -3.60. The molecule has 1 unspecified atom stereocenters. The fourth-order valence-corrected chi connectivity index (χ4v) is 4.25. The summed E-state index contributed by atoms with van der Waals surface area (Å²) in [6, 6.07) is 10.2. The summed E-state index contributed by atoms with van der Waals surface area (Å²) < 4.78 is 35.6. The van der Waals surface area contributed by atoms with Crippen molar-refractivity contribution in [1.82, 2.24) is 5.32 Å². The number of benzene rings is 2. The van der Waals surface area contributed by atoms with Gasteiger partial charge in [0.2, 0.25) is 5.91 Å². The number of hydrogen-bond acceptors (Lipinski definition) is 8. The van der Waals surface area contributed by atoms with E-state index < -0.39 is 51.6 Å². The highest BCUT2D eigenvalue weighted by molar-refractivity contribution is 7.91. The maximum atomic E-state index is 12.6. The fourth-order valence-electron chi connectivity index (χ4n) is 2.84. The summed E-state index contributed by atoms with van der Waals surface area (Å²) in [5.74, 6) is -3.25. The highest BCUT2D eigenvalue weighted by Gasteiger charge is 2.28. The second kappa shape index (κ2) is 11.0. The third-order valence-corrected chi connectivity index (χ3v) is 6.19. The number of ether oxygens (including phenoxy) is 2. The Morgan fingerprint density at radius 2 is 1.65 bits per heavy atom. The molecule has 3 N–H and O–H groups in total. The zero-order chi connectivity index (χ0) is 25.5. The predicted octanol–water partition coefficient (Wildman–Crippen LogP) is 2.11. The van der Waals surface area contributed by atoms with Crippen LogP contribution in [0.2, 0.25) is 0 Å². The molecule has 1 atom stereocenters. The van der Waals surface area contributed by atoms with Gasteiger partial charge in [0.15, 0.2) is 9.84 Å². The summed E-state index contributed by atoms with van der Waals surface area (Å²) >= 11 is 0. The monoisotopic (exact) mass is 492 g/mol. The van der Waals surface area contributed by atoms with E-state index in [2.05, 4.69) is 10.6 Å². The number of aliphatic carboxylic acids is 1. The van der Waals surface area contributed by atoms with Gasteiger partial charge in [0.25, 0.3) is 0 Å². The van der Waals surface area contributed by atoms with E-state index in [1.807, 2.05) is 0 Å². The van der Waals surface area contributed by atoms with Crippen LogP contribution in [0.3, 0.4) is 0 Å². The first-order valence-corrected chi connectivity index (χ1v) is 11.9. The maximum Gasteiger partial charge on any atom is 0.340 e. The number of amides is 1. The van der Waals surface area contributed by atoms with Crippen LogP contribution in [-0.2, 0) is 24.2 Å². The summed E-state index contributed by atoms with van der Waals surface area (Å²) in [5.41, 5.74) is -0.210. The van der Waals surface area contributed by atoms with Gasteiger partial charge in [-0.3, -0.25) is 4.79 Å². The Labute approximate surface area is 198 Å². The lowest BCUT2D eigenvalue weighted by atomic mass is 10.1. The minimum absolute atomic E-state index is 0.0989. The number of hydrogen-bond donors (Lipinski definition) is 3. The first-order valence-electron chi connectivity index (χ1n) is 10.3. The minimum Gasteiger partial charge on any atom is -0.497 e. The van der Waals surface area contributed by atoms with Crippen molar-refractivity contribution in [3.05, 3.63) is 54.1 Å². The smallest absolute Gasteiger partial charge is 0.340 e. The average Bonchev–Trinajstić information content (AvgIpc) is 2.76. The molecule has 0 radical (unpaired) electrons. The van der Waals surface area contributed by atoms with Gasteiger partial charge in [0.1, 0.15) is 17.4 Å². The fraction of sp³-hybridized carbons (Fsp3) is 0.348. The van der Waals surface area contributed by atoms with Crippen LogP contribution < -0.4 is 15.4 Å². The van der Waals surface area contributed by atoms with Gasteiger partial charge in [-0.25, -0.2) is 18.0 Å². The lowest BCUT2D eigenvalue weighted by Gasteiger charge is -2.21. The molecule has 34 heavy (non-hydrogen) atoms. The number of para-hydroxylation sites is 1. The van der Waals surface area contributed by atoms with Gasteiger partial charge in [0.05, 0.1) is 29.9 Å². The molecule has 0 spiro atoms. The van der Waals surface area contributed by atoms with Crippen LogP contribution in [0.15, 0.2) is 53.4 Å². The quantitative estimate of drug-likeness (QED) is 0.424. The zero-order valence-corrected chi connectivity index (χ0v) is 20.1. The minimum atomic E-state index is -4.01. The molecule has 0 saturated heterocycles. The van der Waals surface area contributed by atoms with Crippen LogP contribution in [0.4, 0.5) is 5.69 Å². The van der Waals surface area contributed by atoms with Crippen LogP contribution in [0.25, 0.3) is 0 Å². The second-order valence-electron chi connectivity index (χ2n) is 8.32. The molecule has 11 heteroatoms. The lowest BCUT2D eigenvalue weighted by Crippen LogP contribution is -2.47. The molecule has 0 aliphatic carbocycles. The van der Waals surface area contributed by atoms with E-state index in [-0.39, 0.29) is 10.5 Å². The number of esters is 1. The molecule has 0 saturated carbocycles. The number of sulfone groups is 1. The number of carboxylic acid groups (broad SMARTS) is 1. The van der Waals surface area contributed by atoms with Crippen molar-refractivity contribution in [3.8, 4) is 5.75 Å². The van der Waals surface area contributed by atoms with E-state index in [1.165, 1.54) is 37.4 Å². The molecule has 2 rings (SSSR count). The largest absolute Gasteiger partial charge is 0.497 e. The van der Waals surface area contributed by atoms with Gasteiger partial charge in [-0.1, -0.05) is 12.1 Å². The Morgan fingerprint density at radius 1 is 1.03 bits per heavy atom. The number of carbonyl (C=O) groups excluding carboxylic acids is 2. The Kier molecular flexibility index (Phi) is 8.63. The van der Waals surface area contributed by atoms with Gasteiger partial charge in [-0.15, -0.1) is 0 Å². The van der Waals surface area contributed by atoms with Crippen molar-refractivity contribution < 1.29 is 37.4 Å². The van der Waals surface area contributed by atoms with E-state index in [1.54, 1.807) is 39.0 Å². The molecule has 0 aromatic heterocycles. The predicted molar refractivity (Wildman–Crippen MR) is 125 cm³/mol. The zero-order valence-electron chi connectivity index (χ0n) is 19.3. The van der Waals surface area contributed by atoms with E-state index in [0.717, 1.165) is 0 Å². The van der Waals surface area contributed by atoms with Gasteiger partial charge in [0, 0.05) is 5.69 Å². The van der Waals surface area contributed by atoms with Gasteiger partial charge in [-0.2, -0.15) is 0 Å². The van der Waals surface area contributed by atoms with E-state index in [9.17, 15) is 27.9 Å². The van der Waals surface area contributed by atoms with Crippen LogP contribution in [-0.4, -0.2) is 62.4 Å². The maximum absolute atomic E-state index is 12.6. The van der Waals surface area contributed by atoms with Crippen molar-refractivity contribution in [2.75, 3.05) is 24.7 Å². The Balaban J connectivity index is 2.06. The lowest BCUT2D eigenvalue weighted by molar-refractivity contribution is -0.140. The molecular weight excluding hydrogens is 464 g/mol. The van der Waals surface area contributed by atoms with Crippen LogP contribution in [0, 0.1) is 0 Å². The summed E-state index contributed by atoms with van der Waals surface area (Å²) in [4.78, 5) is 36.3. The molecule has 10 nitrogen and oxygen atoms in total. The van der Waals surface area contributed by atoms with Crippen LogP contribution in [0.5, 0.6) is 5.75 Å². The molecule has 0 bridgehead atoms. The second-order valence-corrected chi connectivity index (χ2v) is 10.4. The van der Waals surface area contributed by atoms with E-state index in [4.69, 9.17) is 9.47 Å². The number of rotatable bonds is 10. The molecule has 184 valence electrons. The van der Waals surface area contributed by atoms with Crippen LogP contribution in [0.1, 0.15) is 31.1 Å². The van der Waals surface area contributed by atoms with Crippen LogP contribution >= 0.6 is 0 Å². The first-order chi connectivity index (χ1) is 15.8. The standard InChI is InChI=1S/C23H28N2O8S/c1-23(2,3)33-22(29)17-7-5-6-8-18(17)24-13-20(26)25-19(21(27)28)14-34(30,31)16-11-9-15(32-4)10-12-16/h5-12,19,24H,13-14H2,1-4H3,(H,25,26)(H,27,28).